The Morgan fingerprint density at radius 2 is 1.67 bits per heavy atom. The van der Waals surface area contributed by atoms with Crippen molar-refractivity contribution >= 4 is 83.6 Å². The Balaban J connectivity index is 0.000000206. The fraction of sp³-hybridized carbons (Fsp3) is 0.278. The molecule has 0 aliphatic rings. The molecule has 4 nitrogen and oxygen atoms in total. The predicted molar refractivity (Wildman–Crippen MR) is 125 cm³/mol. The Bertz CT molecular complexity index is 945. The lowest BCUT2D eigenvalue weighted by Crippen LogP contribution is -2.04. The van der Waals surface area contributed by atoms with Crippen LogP contribution in [0.25, 0.3) is 10.9 Å². The summed E-state index contributed by atoms with van der Waals surface area (Å²) in [5.41, 5.74) is 2.63. The first-order valence-electron chi connectivity index (χ1n) is 7.90. The average Bonchev–Trinajstić information content (AvgIpc) is 2.98. The second-order valence-corrected chi connectivity index (χ2v) is 10.9. The van der Waals surface area contributed by atoms with Crippen molar-refractivity contribution in [1.82, 2.24) is 10.2 Å². The topological polar surface area (TPSA) is 53.4 Å². The molecule has 0 bridgehead atoms. The second-order valence-electron chi connectivity index (χ2n) is 6.66. The molecule has 1 N–H and O–H groups in total. The predicted octanol–water partition coefficient (Wildman–Crippen LogP) is 8.92. The van der Waals surface area contributed by atoms with Gasteiger partial charge in [0.2, 0.25) is 0 Å². The fourth-order valence-electron chi connectivity index (χ4n) is 1.98. The zero-order valence-electron chi connectivity index (χ0n) is 15.1. The minimum absolute atomic E-state index is 0.0687. The van der Waals surface area contributed by atoms with Gasteiger partial charge in [-0.2, -0.15) is 5.10 Å². The number of nitrogens with zero attached hydrogens (tertiary/aromatic N) is 3. The number of aromatic nitrogens is 2. The Morgan fingerprint density at radius 3 is 2.30 bits per heavy atom. The van der Waals surface area contributed by atoms with E-state index in [1.165, 1.54) is 11.9 Å². The van der Waals surface area contributed by atoms with Crippen molar-refractivity contribution in [2.45, 2.75) is 32.4 Å². The summed E-state index contributed by atoms with van der Waals surface area (Å²) in [4.78, 5) is 0. The molecule has 0 atom stereocenters. The third-order valence-corrected chi connectivity index (χ3v) is 5.35. The molecule has 0 saturated heterocycles. The van der Waals surface area contributed by atoms with Crippen LogP contribution in [0.2, 0.25) is 10.0 Å². The molecule has 0 amide bonds. The minimum atomic E-state index is 0.0687. The largest absolute Gasteiger partial charge is 0.276 e. The van der Waals surface area contributed by atoms with E-state index in [0.29, 0.717) is 10.0 Å². The van der Waals surface area contributed by atoms with Crippen LogP contribution in [0.3, 0.4) is 0 Å². The van der Waals surface area contributed by atoms with Crippen LogP contribution in [0.5, 0.6) is 0 Å². The Labute approximate surface area is 189 Å². The van der Waals surface area contributed by atoms with Gasteiger partial charge >= 0.3 is 0 Å². The maximum Gasteiger partial charge on any atom is 0.108 e. The van der Waals surface area contributed by atoms with E-state index in [0.717, 1.165) is 31.1 Å². The molecule has 0 radical (unpaired) electrons. The maximum atomic E-state index is 6.09. The number of hydrogen-bond acceptors (Lipinski definition) is 4. The van der Waals surface area contributed by atoms with Gasteiger partial charge < -0.3 is 0 Å². The minimum Gasteiger partial charge on any atom is -0.276 e. The van der Waals surface area contributed by atoms with Crippen LogP contribution in [-0.4, -0.2) is 14.9 Å². The number of aryl methyl sites for hydroxylation is 1. The summed E-state index contributed by atoms with van der Waals surface area (Å²) in [6.07, 6.45) is 1.74. The van der Waals surface area contributed by atoms with E-state index in [9.17, 15) is 0 Å². The van der Waals surface area contributed by atoms with Crippen LogP contribution in [0.15, 0.2) is 49.0 Å². The van der Waals surface area contributed by atoms with Crippen LogP contribution >= 0.6 is 67.0 Å². The van der Waals surface area contributed by atoms with Crippen molar-refractivity contribution in [2.24, 2.45) is 9.63 Å². The molecule has 0 unspecified atom stereocenters. The van der Waals surface area contributed by atoms with Crippen molar-refractivity contribution in [3.05, 3.63) is 55.0 Å². The molecule has 2 aromatic carbocycles. The molecule has 0 aliphatic heterocycles. The van der Waals surface area contributed by atoms with E-state index >= 15 is 0 Å². The molecule has 3 rings (SSSR count). The van der Waals surface area contributed by atoms with E-state index in [4.69, 9.17) is 23.2 Å². The van der Waals surface area contributed by atoms with Crippen LogP contribution in [0.1, 0.15) is 26.3 Å². The molecule has 0 saturated carbocycles. The van der Waals surface area contributed by atoms with Gasteiger partial charge in [-0.05, 0) is 57.5 Å². The van der Waals surface area contributed by atoms with Crippen molar-refractivity contribution < 1.29 is 0 Å². The Morgan fingerprint density at radius 1 is 1.04 bits per heavy atom. The van der Waals surface area contributed by atoms with E-state index in [1.807, 2.05) is 31.2 Å². The number of halogens is 4. The maximum absolute atomic E-state index is 6.09. The summed E-state index contributed by atoms with van der Waals surface area (Å²) < 4.78 is 6.10. The Kier molecular flexibility index (Phi) is 8.19. The summed E-state index contributed by atoms with van der Waals surface area (Å²) >= 11 is 20.2. The van der Waals surface area contributed by atoms with Gasteiger partial charge in [0.1, 0.15) is 5.69 Å². The van der Waals surface area contributed by atoms with Gasteiger partial charge in [0.15, 0.2) is 0 Å². The van der Waals surface area contributed by atoms with Gasteiger partial charge in [-0.15, -0.1) is 9.63 Å². The smallest absolute Gasteiger partial charge is 0.108 e. The number of nitrogens with one attached hydrogen (secondary N) is 1. The first-order valence-corrected chi connectivity index (χ1v) is 11.0. The zero-order chi connectivity index (χ0) is 20.2. The zero-order valence-corrected chi connectivity index (χ0v) is 20.6. The molecule has 9 heteroatoms. The summed E-state index contributed by atoms with van der Waals surface area (Å²) in [5, 5.41) is 13.2. The van der Waals surface area contributed by atoms with Crippen molar-refractivity contribution in [3.63, 3.8) is 0 Å². The second kappa shape index (κ2) is 9.74. The number of H-pyrrole nitrogens is 1. The molecule has 0 aliphatic carbocycles. The van der Waals surface area contributed by atoms with Crippen molar-refractivity contribution in [3.8, 4) is 0 Å². The van der Waals surface area contributed by atoms with Crippen molar-refractivity contribution in [2.75, 3.05) is 0 Å². The normalized spacial score (nSPS) is 11.7. The van der Waals surface area contributed by atoms with E-state index in [1.54, 1.807) is 6.20 Å². The number of fused-ring (bicyclic) bond motifs is 1. The summed E-state index contributed by atoms with van der Waals surface area (Å²) in [6, 6.07) is 7.60. The highest BCUT2D eigenvalue weighted by molar-refractivity contribution is 9.10. The first-order chi connectivity index (χ1) is 12.6. The quantitative estimate of drug-likeness (QED) is 0.255. The van der Waals surface area contributed by atoms with Gasteiger partial charge in [0.05, 0.1) is 21.8 Å². The lowest BCUT2D eigenvalue weighted by molar-refractivity contribution is 0.802. The lowest BCUT2D eigenvalue weighted by Gasteiger charge is -2.11. The molecule has 144 valence electrons. The highest BCUT2D eigenvalue weighted by Gasteiger charge is 2.11. The van der Waals surface area contributed by atoms with Crippen LogP contribution in [0.4, 0.5) is 5.69 Å². The van der Waals surface area contributed by atoms with Gasteiger partial charge in [-0.25, -0.2) is 0 Å². The van der Waals surface area contributed by atoms with Gasteiger partial charge in [0.25, 0.3) is 0 Å². The molecule has 0 fully saturated rings. The van der Waals surface area contributed by atoms with Crippen LogP contribution in [0, 0.1) is 6.92 Å². The van der Waals surface area contributed by atoms with Crippen molar-refractivity contribution in [1.29, 1.82) is 0 Å². The number of benzene rings is 2. The van der Waals surface area contributed by atoms with Gasteiger partial charge in [-0.1, -0.05) is 55.1 Å². The van der Waals surface area contributed by atoms with Gasteiger partial charge in [-0.3, -0.25) is 5.10 Å². The van der Waals surface area contributed by atoms with Gasteiger partial charge in [0, 0.05) is 31.0 Å². The van der Waals surface area contributed by atoms with Crippen LogP contribution < -0.4 is 0 Å². The molecule has 0 spiro atoms. The molecular weight excluding hydrogens is 535 g/mol. The molecule has 3 aromatic rings. The lowest BCUT2D eigenvalue weighted by atomic mass is 10.2. The average molecular weight is 553 g/mol. The third kappa shape index (κ3) is 7.06. The summed E-state index contributed by atoms with van der Waals surface area (Å²) in [5.74, 6) is 0. The summed E-state index contributed by atoms with van der Waals surface area (Å²) in [7, 11) is 0. The number of hydrogen-bond donors (Lipinski definition) is 1. The summed E-state index contributed by atoms with van der Waals surface area (Å²) in [6.45, 7) is 8.24. The first kappa shape index (κ1) is 22.7. The standard InChI is InChI=1S/C11H14BrClN2S.C7H4BrClN2/c1-7-5-8(12)6-9(13)10(7)14-15-16-11(2,3)4;8-5-1-4-3-10-11-7(4)6(9)2-5/h5-6H,1-4H3;1-3H,(H,10,11). The molecular formula is C18H18Br2Cl2N4S. The monoisotopic (exact) mass is 550 g/mol. The van der Waals surface area contributed by atoms with E-state index in [-0.39, 0.29) is 4.75 Å². The molecule has 1 heterocycles. The van der Waals surface area contributed by atoms with Crippen LogP contribution in [-0.2, 0) is 0 Å². The highest BCUT2D eigenvalue weighted by atomic mass is 79.9. The third-order valence-electron chi connectivity index (χ3n) is 3.14. The SMILES string of the molecule is Cc1cc(Br)cc(Cl)c1N=NSC(C)(C)C.Clc1cc(Br)cc2cn[nH]c12. The van der Waals surface area contributed by atoms with E-state index in [2.05, 4.69) is 72.5 Å². The fourth-order valence-corrected chi connectivity index (χ4v) is 4.24. The Hall–Kier alpha value is -0.600. The number of rotatable bonds is 2. The van der Waals surface area contributed by atoms with E-state index < -0.39 is 0 Å². The highest BCUT2D eigenvalue weighted by Crippen LogP contribution is 2.34. The molecule has 1 aromatic heterocycles. The molecule has 27 heavy (non-hydrogen) atoms. The number of aromatic amines is 1.